The lowest BCUT2D eigenvalue weighted by Crippen LogP contribution is -2.41. The highest BCUT2D eigenvalue weighted by Crippen LogP contribution is 2.35. The van der Waals surface area contributed by atoms with Crippen molar-refractivity contribution in [3.8, 4) is 0 Å². The topological polar surface area (TPSA) is 3.24 Å². The van der Waals surface area contributed by atoms with Crippen LogP contribution < -0.4 is 0 Å². The molecule has 1 aliphatic rings. The van der Waals surface area contributed by atoms with Crippen molar-refractivity contribution in [2.24, 2.45) is 11.8 Å². The third kappa shape index (κ3) is 4.81. The van der Waals surface area contributed by atoms with E-state index in [2.05, 4.69) is 44.0 Å². The fourth-order valence-corrected chi connectivity index (χ4v) is 4.56. The van der Waals surface area contributed by atoms with Gasteiger partial charge in [-0.1, -0.05) is 38.5 Å². The van der Waals surface area contributed by atoms with E-state index in [4.69, 9.17) is 0 Å². The maximum absolute atomic E-state index is 14.4. The van der Waals surface area contributed by atoms with Crippen molar-refractivity contribution in [2.45, 2.75) is 85.0 Å². The van der Waals surface area contributed by atoms with Crippen molar-refractivity contribution in [3.63, 3.8) is 0 Å². The molecule has 1 nitrogen and oxygen atoms in total. The van der Waals surface area contributed by atoms with Gasteiger partial charge in [0.05, 0.1) is 0 Å². The molecular formula is C22H36FN. The standard InChI is InChI=1S/C22H36FN/c1-7-8-19-13-16(2)9-12-21(19)24(6)15-18-11-10-17(3)20(14-18)22(4,5)23/h10-11,14,16,19,21H,7-9,12-13,15H2,1-6H3. The molecule has 0 radical (unpaired) electrons. The Morgan fingerprint density at radius 2 is 1.96 bits per heavy atom. The molecule has 3 atom stereocenters. The predicted octanol–water partition coefficient (Wildman–Crippen LogP) is 6.24. The van der Waals surface area contributed by atoms with Gasteiger partial charge in [0.1, 0.15) is 5.67 Å². The summed E-state index contributed by atoms with van der Waals surface area (Å²) in [5, 5.41) is 0. The van der Waals surface area contributed by atoms with E-state index in [1.807, 2.05) is 6.92 Å². The van der Waals surface area contributed by atoms with Crippen molar-refractivity contribution >= 4 is 0 Å². The normalized spacial score (nSPS) is 25.2. The second kappa shape index (κ2) is 7.99. The Morgan fingerprint density at radius 1 is 1.25 bits per heavy atom. The van der Waals surface area contributed by atoms with Crippen LogP contribution in [0, 0.1) is 18.8 Å². The van der Waals surface area contributed by atoms with Crippen molar-refractivity contribution in [3.05, 3.63) is 34.9 Å². The SMILES string of the molecule is CCCC1CC(C)CCC1N(C)Cc1ccc(C)c(C(C)(C)F)c1. The highest BCUT2D eigenvalue weighted by atomic mass is 19.1. The average molecular weight is 334 g/mol. The molecule has 0 N–H and O–H groups in total. The van der Waals surface area contributed by atoms with Crippen LogP contribution in [0.3, 0.4) is 0 Å². The van der Waals surface area contributed by atoms with Gasteiger partial charge in [0.2, 0.25) is 0 Å². The molecule has 1 aromatic carbocycles. The van der Waals surface area contributed by atoms with Crippen LogP contribution in [0.25, 0.3) is 0 Å². The molecule has 0 heterocycles. The third-order valence-electron chi connectivity index (χ3n) is 5.80. The number of rotatable bonds is 6. The van der Waals surface area contributed by atoms with E-state index < -0.39 is 5.67 Å². The van der Waals surface area contributed by atoms with Crippen LogP contribution in [0.5, 0.6) is 0 Å². The minimum Gasteiger partial charge on any atom is -0.299 e. The monoisotopic (exact) mass is 333 g/mol. The summed E-state index contributed by atoms with van der Waals surface area (Å²) in [7, 11) is 2.25. The van der Waals surface area contributed by atoms with Gasteiger partial charge in [-0.2, -0.15) is 0 Å². The second-order valence-corrected chi connectivity index (χ2v) is 8.57. The lowest BCUT2D eigenvalue weighted by Gasteiger charge is -2.40. The molecule has 2 heteroatoms. The number of nitrogens with zero attached hydrogens (tertiary/aromatic N) is 1. The first-order valence-electron chi connectivity index (χ1n) is 9.71. The number of halogens is 1. The van der Waals surface area contributed by atoms with Gasteiger partial charge in [0, 0.05) is 12.6 Å². The summed E-state index contributed by atoms with van der Waals surface area (Å²) in [6.45, 7) is 10.9. The van der Waals surface area contributed by atoms with Crippen LogP contribution >= 0.6 is 0 Å². The Morgan fingerprint density at radius 3 is 2.58 bits per heavy atom. The van der Waals surface area contributed by atoms with Crippen molar-refractivity contribution < 1.29 is 4.39 Å². The Balaban J connectivity index is 2.12. The van der Waals surface area contributed by atoms with E-state index in [-0.39, 0.29) is 0 Å². The Kier molecular flexibility index (Phi) is 6.47. The minimum absolute atomic E-state index is 0.671. The summed E-state index contributed by atoms with van der Waals surface area (Å²) in [5.74, 6) is 1.68. The van der Waals surface area contributed by atoms with Crippen molar-refractivity contribution in [1.82, 2.24) is 4.90 Å². The fraction of sp³-hybridized carbons (Fsp3) is 0.727. The Labute approximate surface area is 148 Å². The van der Waals surface area contributed by atoms with Gasteiger partial charge in [-0.05, 0) is 82.0 Å². The molecule has 1 saturated carbocycles. The lowest BCUT2D eigenvalue weighted by atomic mass is 9.76. The smallest absolute Gasteiger partial charge is 0.130 e. The van der Waals surface area contributed by atoms with Crippen LogP contribution in [0.15, 0.2) is 18.2 Å². The van der Waals surface area contributed by atoms with Gasteiger partial charge in [0.25, 0.3) is 0 Å². The zero-order valence-corrected chi connectivity index (χ0v) is 16.5. The average Bonchev–Trinajstić information content (AvgIpc) is 2.48. The number of aryl methyl sites for hydroxylation is 1. The molecule has 0 bridgehead atoms. The quantitative estimate of drug-likeness (QED) is 0.596. The maximum Gasteiger partial charge on any atom is 0.130 e. The molecule has 1 aromatic rings. The first-order valence-corrected chi connectivity index (χ1v) is 9.71. The van der Waals surface area contributed by atoms with E-state index in [0.29, 0.717) is 6.04 Å². The predicted molar refractivity (Wildman–Crippen MR) is 102 cm³/mol. The molecule has 0 amide bonds. The van der Waals surface area contributed by atoms with Gasteiger partial charge in [-0.15, -0.1) is 0 Å². The molecule has 0 aromatic heterocycles. The summed E-state index contributed by atoms with van der Waals surface area (Å²) in [6, 6.07) is 6.99. The first kappa shape index (κ1) is 19.4. The molecule has 24 heavy (non-hydrogen) atoms. The molecule has 136 valence electrons. The van der Waals surface area contributed by atoms with Gasteiger partial charge < -0.3 is 0 Å². The van der Waals surface area contributed by atoms with Gasteiger partial charge in [-0.25, -0.2) is 4.39 Å². The summed E-state index contributed by atoms with van der Waals surface area (Å²) in [6.07, 6.45) is 6.60. The van der Waals surface area contributed by atoms with E-state index in [1.54, 1.807) is 13.8 Å². The zero-order valence-electron chi connectivity index (χ0n) is 16.5. The minimum atomic E-state index is -1.27. The van der Waals surface area contributed by atoms with Crippen LogP contribution in [-0.2, 0) is 12.2 Å². The fourth-order valence-electron chi connectivity index (χ4n) is 4.56. The molecule has 2 rings (SSSR count). The third-order valence-corrected chi connectivity index (χ3v) is 5.80. The second-order valence-electron chi connectivity index (χ2n) is 8.57. The van der Waals surface area contributed by atoms with Crippen molar-refractivity contribution in [2.75, 3.05) is 7.05 Å². The highest BCUT2D eigenvalue weighted by Gasteiger charge is 2.31. The molecule has 0 aliphatic heterocycles. The number of hydrogen-bond donors (Lipinski definition) is 0. The molecule has 1 fully saturated rings. The van der Waals surface area contributed by atoms with Crippen molar-refractivity contribution in [1.29, 1.82) is 0 Å². The highest BCUT2D eigenvalue weighted by molar-refractivity contribution is 5.34. The molecule has 1 aliphatic carbocycles. The Hall–Kier alpha value is -0.890. The number of alkyl halides is 1. The Bertz CT molecular complexity index is 531. The van der Waals surface area contributed by atoms with E-state index in [1.165, 1.54) is 37.7 Å². The first-order chi connectivity index (χ1) is 11.2. The number of hydrogen-bond acceptors (Lipinski definition) is 1. The zero-order chi connectivity index (χ0) is 17.9. The van der Waals surface area contributed by atoms with Crippen LogP contribution in [0.4, 0.5) is 4.39 Å². The number of benzene rings is 1. The van der Waals surface area contributed by atoms with Gasteiger partial charge in [0.15, 0.2) is 0 Å². The van der Waals surface area contributed by atoms with Gasteiger partial charge >= 0.3 is 0 Å². The largest absolute Gasteiger partial charge is 0.299 e. The van der Waals surface area contributed by atoms with Crippen LogP contribution in [-0.4, -0.2) is 18.0 Å². The molecule has 3 unspecified atom stereocenters. The van der Waals surface area contributed by atoms with Crippen LogP contribution in [0.1, 0.15) is 76.5 Å². The van der Waals surface area contributed by atoms with Crippen LogP contribution in [0.2, 0.25) is 0 Å². The van der Waals surface area contributed by atoms with E-state index in [0.717, 1.165) is 29.5 Å². The molecular weight excluding hydrogens is 297 g/mol. The maximum atomic E-state index is 14.4. The summed E-state index contributed by atoms with van der Waals surface area (Å²) in [5.41, 5.74) is 1.83. The van der Waals surface area contributed by atoms with E-state index in [9.17, 15) is 4.39 Å². The summed E-state index contributed by atoms with van der Waals surface area (Å²) >= 11 is 0. The lowest BCUT2D eigenvalue weighted by molar-refractivity contribution is 0.0952. The molecule has 0 spiro atoms. The molecule has 0 saturated heterocycles. The summed E-state index contributed by atoms with van der Waals surface area (Å²) in [4.78, 5) is 2.52. The van der Waals surface area contributed by atoms with E-state index >= 15 is 0 Å². The summed E-state index contributed by atoms with van der Waals surface area (Å²) < 4.78 is 14.4. The van der Waals surface area contributed by atoms with Gasteiger partial charge in [-0.3, -0.25) is 4.90 Å².